The lowest BCUT2D eigenvalue weighted by Gasteiger charge is -2.40. The molecule has 0 bridgehead atoms. The van der Waals surface area contributed by atoms with Crippen molar-refractivity contribution in [1.82, 2.24) is 19.6 Å². The van der Waals surface area contributed by atoms with Crippen molar-refractivity contribution in [2.75, 3.05) is 38.0 Å². The third-order valence-electron chi connectivity index (χ3n) is 6.71. The van der Waals surface area contributed by atoms with Crippen LogP contribution in [0.3, 0.4) is 0 Å². The van der Waals surface area contributed by atoms with Gasteiger partial charge in [0.05, 0.1) is 17.4 Å². The van der Waals surface area contributed by atoms with Crippen molar-refractivity contribution < 1.29 is 33.0 Å². The smallest absolute Gasteiger partial charge is 0.410 e. The highest BCUT2D eigenvalue weighted by atomic mass is 19.1. The van der Waals surface area contributed by atoms with Crippen LogP contribution in [0.1, 0.15) is 49.4 Å². The van der Waals surface area contributed by atoms with E-state index in [9.17, 15) is 23.5 Å². The fourth-order valence-corrected chi connectivity index (χ4v) is 4.97. The van der Waals surface area contributed by atoms with Crippen LogP contribution in [-0.2, 0) is 4.74 Å². The molecule has 212 valence electrons. The predicted octanol–water partition coefficient (Wildman–Crippen LogP) is 5.05. The van der Waals surface area contributed by atoms with E-state index in [1.807, 2.05) is 20.8 Å². The van der Waals surface area contributed by atoms with Gasteiger partial charge in [0.15, 0.2) is 5.69 Å². The topological polar surface area (TPSA) is 109 Å². The number of carbonyl (C=O) groups is 2. The predicted molar refractivity (Wildman–Crippen MR) is 142 cm³/mol. The van der Waals surface area contributed by atoms with Crippen molar-refractivity contribution in [3.8, 4) is 17.2 Å². The number of benzene rings is 2. The van der Waals surface area contributed by atoms with Gasteiger partial charge in [-0.25, -0.2) is 23.1 Å². The van der Waals surface area contributed by atoms with Crippen LogP contribution in [0.2, 0.25) is 0 Å². The average Bonchev–Trinajstić information content (AvgIpc) is 3.28. The van der Waals surface area contributed by atoms with Gasteiger partial charge in [-0.1, -0.05) is 0 Å². The molecule has 0 saturated carbocycles. The van der Waals surface area contributed by atoms with Gasteiger partial charge in [-0.3, -0.25) is 4.90 Å². The Hall–Kier alpha value is -4.19. The molecule has 1 amide bonds. The van der Waals surface area contributed by atoms with E-state index in [0.29, 0.717) is 55.5 Å². The SMILES string of the molecule is CC(C)(C)OC(=O)N1CCN(C2CCNc3c2nn(-c2ccc(Oc4cc(F)cc(F)c4)cc2)c3C(=O)O)CC1. The summed E-state index contributed by atoms with van der Waals surface area (Å²) in [6.07, 6.45) is 0.387. The molecule has 1 fully saturated rings. The summed E-state index contributed by atoms with van der Waals surface area (Å²) in [5.41, 5.74) is 1.02. The number of carbonyl (C=O) groups excluding carboxylic acids is 1. The van der Waals surface area contributed by atoms with E-state index >= 15 is 0 Å². The first-order chi connectivity index (χ1) is 19.0. The van der Waals surface area contributed by atoms with Crippen LogP contribution in [-0.4, -0.2) is 75.1 Å². The molecule has 10 nitrogen and oxygen atoms in total. The van der Waals surface area contributed by atoms with E-state index in [0.717, 1.165) is 24.6 Å². The van der Waals surface area contributed by atoms with Crippen LogP contribution < -0.4 is 10.1 Å². The summed E-state index contributed by atoms with van der Waals surface area (Å²) in [7, 11) is 0. The molecule has 1 atom stereocenters. The third kappa shape index (κ3) is 5.86. The maximum absolute atomic E-state index is 13.5. The minimum atomic E-state index is -1.13. The van der Waals surface area contributed by atoms with Crippen LogP contribution >= 0.6 is 0 Å². The standard InChI is InChI=1S/C28H31F2N5O5/c1-28(2,3)40-27(38)34-12-10-33(11-13-34)22-8-9-31-24-23(22)32-35(25(24)26(36)37)19-4-6-20(7-5-19)39-21-15-17(29)14-18(30)16-21/h4-7,14-16,22,31H,8-13H2,1-3H3,(H,36,37). The van der Waals surface area contributed by atoms with E-state index in [4.69, 9.17) is 14.6 Å². The van der Waals surface area contributed by atoms with E-state index in [2.05, 4.69) is 10.2 Å². The number of ether oxygens (including phenoxy) is 2. The first-order valence-corrected chi connectivity index (χ1v) is 13.0. The lowest BCUT2D eigenvalue weighted by Crippen LogP contribution is -2.51. The Kier molecular flexibility index (Phi) is 7.37. The Morgan fingerprint density at radius 1 is 1.00 bits per heavy atom. The number of piperazine rings is 1. The number of halogens is 2. The molecule has 1 aromatic heterocycles. The van der Waals surface area contributed by atoms with Gasteiger partial charge >= 0.3 is 12.1 Å². The highest BCUT2D eigenvalue weighted by molar-refractivity contribution is 5.94. The van der Waals surface area contributed by atoms with Gasteiger partial charge in [0.25, 0.3) is 0 Å². The number of amides is 1. The fourth-order valence-electron chi connectivity index (χ4n) is 4.97. The second-order valence-corrected chi connectivity index (χ2v) is 10.8. The summed E-state index contributed by atoms with van der Waals surface area (Å²) in [5.74, 6) is -2.32. The van der Waals surface area contributed by atoms with Gasteiger partial charge in [-0.2, -0.15) is 5.10 Å². The van der Waals surface area contributed by atoms with Gasteiger partial charge in [-0.05, 0) is 51.5 Å². The molecule has 3 aromatic rings. The Balaban J connectivity index is 1.36. The number of carboxylic acid groups (broad SMARTS) is 1. The summed E-state index contributed by atoms with van der Waals surface area (Å²) in [6, 6.07) is 9.18. The Morgan fingerprint density at radius 3 is 2.25 bits per heavy atom. The summed E-state index contributed by atoms with van der Waals surface area (Å²) in [6.45, 7) is 8.28. The van der Waals surface area contributed by atoms with Crippen LogP contribution in [0.5, 0.6) is 11.5 Å². The lowest BCUT2D eigenvalue weighted by molar-refractivity contribution is 0.00951. The van der Waals surface area contributed by atoms with Crippen molar-refractivity contribution in [2.45, 2.75) is 38.8 Å². The Labute approximate surface area is 230 Å². The van der Waals surface area contributed by atoms with Crippen molar-refractivity contribution in [3.05, 3.63) is 65.5 Å². The molecule has 5 rings (SSSR count). The average molecular weight is 556 g/mol. The van der Waals surface area contributed by atoms with Gasteiger partial charge in [0.1, 0.15) is 34.4 Å². The highest BCUT2D eigenvalue weighted by Gasteiger charge is 2.36. The number of fused-ring (bicyclic) bond motifs is 1. The minimum Gasteiger partial charge on any atom is -0.476 e. The molecule has 2 aromatic carbocycles. The summed E-state index contributed by atoms with van der Waals surface area (Å²) >= 11 is 0. The molecular weight excluding hydrogens is 524 g/mol. The van der Waals surface area contributed by atoms with E-state index in [1.165, 1.54) is 4.68 Å². The van der Waals surface area contributed by atoms with Crippen LogP contribution in [0.4, 0.5) is 19.3 Å². The first kappa shape index (κ1) is 27.4. The molecule has 2 N–H and O–H groups in total. The zero-order valence-electron chi connectivity index (χ0n) is 22.5. The van der Waals surface area contributed by atoms with Gasteiger partial charge in [-0.15, -0.1) is 0 Å². The molecule has 2 aliphatic heterocycles. The van der Waals surface area contributed by atoms with E-state index in [1.54, 1.807) is 29.2 Å². The molecule has 1 saturated heterocycles. The third-order valence-corrected chi connectivity index (χ3v) is 6.71. The number of rotatable bonds is 5. The molecule has 0 radical (unpaired) electrons. The number of hydrogen-bond donors (Lipinski definition) is 2. The molecule has 0 spiro atoms. The second kappa shape index (κ2) is 10.8. The zero-order valence-corrected chi connectivity index (χ0v) is 22.5. The Bertz CT molecular complexity index is 1390. The molecule has 2 aliphatic rings. The Morgan fingerprint density at radius 2 is 1.65 bits per heavy atom. The van der Waals surface area contributed by atoms with Crippen LogP contribution in [0.15, 0.2) is 42.5 Å². The number of hydrogen-bond acceptors (Lipinski definition) is 7. The maximum atomic E-state index is 13.5. The second-order valence-electron chi connectivity index (χ2n) is 10.8. The quantitative estimate of drug-likeness (QED) is 0.450. The monoisotopic (exact) mass is 555 g/mol. The van der Waals surface area contributed by atoms with Crippen molar-refractivity contribution in [3.63, 3.8) is 0 Å². The highest BCUT2D eigenvalue weighted by Crippen LogP contribution is 2.38. The number of aromatic nitrogens is 2. The lowest BCUT2D eigenvalue weighted by atomic mass is 10.0. The minimum absolute atomic E-state index is 0.00448. The van der Waals surface area contributed by atoms with E-state index < -0.39 is 23.2 Å². The number of carboxylic acids is 1. The van der Waals surface area contributed by atoms with Gasteiger partial charge in [0.2, 0.25) is 0 Å². The molecule has 0 aliphatic carbocycles. The number of aromatic carboxylic acids is 1. The normalized spacial score (nSPS) is 17.6. The van der Waals surface area contributed by atoms with Crippen molar-refractivity contribution >= 4 is 17.7 Å². The molecule has 40 heavy (non-hydrogen) atoms. The number of nitrogens with one attached hydrogen (secondary N) is 1. The van der Waals surface area contributed by atoms with Crippen LogP contribution in [0, 0.1) is 11.6 Å². The van der Waals surface area contributed by atoms with Crippen molar-refractivity contribution in [2.24, 2.45) is 0 Å². The van der Waals surface area contributed by atoms with E-state index in [-0.39, 0.29) is 23.6 Å². The fraction of sp³-hybridized carbons (Fsp3) is 0.393. The van der Waals surface area contributed by atoms with Crippen LogP contribution in [0.25, 0.3) is 5.69 Å². The molecule has 3 heterocycles. The van der Waals surface area contributed by atoms with Crippen molar-refractivity contribution in [1.29, 1.82) is 0 Å². The van der Waals surface area contributed by atoms with Gasteiger partial charge < -0.3 is 24.8 Å². The number of nitrogens with zero attached hydrogens (tertiary/aromatic N) is 4. The maximum Gasteiger partial charge on any atom is 0.410 e. The molecule has 1 unspecified atom stereocenters. The summed E-state index contributed by atoms with van der Waals surface area (Å²) < 4.78 is 39.4. The molecular formula is C28H31F2N5O5. The first-order valence-electron chi connectivity index (χ1n) is 13.0. The summed E-state index contributed by atoms with van der Waals surface area (Å²) in [5, 5.41) is 18.0. The number of anilines is 1. The van der Waals surface area contributed by atoms with Gasteiger partial charge in [0, 0.05) is 50.9 Å². The largest absolute Gasteiger partial charge is 0.476 e. The molecule has 12 heteroatoms. The summed E-state index contributed by atoms with van der Waals surface area (Å²) in [4.78, 5) is 28.7. The zero-order chi connectivity index (χ0) is 28.6.